The summed E-state index contributed by atoms with van der Waals surface area (Å²) in [6.45, 7) is 4.88. The van der Waals surface area contributed by atoms with Gasteiger partial charge in [0.2, 0.25) is 11.8 Å². The van der Waals surface area contributed by atoms with Gasteiger partial charge >= 0.3 is 12.2 Å². The summed E-state index contributed by atoms with van der Waals surface area (Å²) in [4.78, 5) is 56.1. The first-order chi connectivity index (χ1) is 26.1. The van der Waals surface area contributed by atoms with Crippen molar-refractivity contribution in [1.29, 1.82) is 0 Å². The minimum Gasteiger partial charge on any atom is -0.446 e. The van der Waals surface area contributed by atoms with Gasteiger partial charge in [0.1, 0.15) is 18.8 Å². The summed E-state index contributed by atoms with van der Waals surface area (Å²) in [5.41, 5.74) is 3.05. The number of amides is 4. The maximum atomic E-state index is 13.7. The van der Waals surface area contributed by atoms with Gasteiger partial charge in [-0.1, -0.05) is 105 Å². The first-order valence-electron chi connectivity index (χ1n) is 19.3. The van der Waals surface area contributed by atoms with Gasteiger partial charge in [-0.2, -0.15) is 0 Å². The van der Waals surface area contributed by atoms with Crippen molar-refractivity contribution in [2.75, 3.05) is 20.1 Å². The number of nitrogens with zero attached hydrogens (tertiary/aromatic N) is 2. The molecule has 11 nitrogen and oxygen atoms in total. The molecule has 0 spiro atoms. The summed E-state index contributed by atoms with van der Waals surface area (Å²) >= 11 is 0. The van der Waals surface area contributed by atoms with Crippen LogP contribution < -0.4 is 10.6 Å². The van der Waals surface area contributed by atoms with Crippen molar-refractivity contribution in [3.8, 4) is 0 Å². The average molecular weight is 741 g/mol. The van der Waals surface area contributed by atoms with Crippen LogP contribution in [0, 0.1) is 11.8 Å². The maximum absolute atomic E-state index is 13.7. The van der Waals surface area contributed by atoms with Crippen LogP contribution in [0.4, 0.5) is 9.59 Å². The molecular weight excluding hydrogens is 684 g/mol. The summed E-state index contributed by atoms with van der Waals surface area (Å²) in [6.07, 6.45) is 2.03. The van der Waals surface area contributed by atoms with Crippen molar-refractivity contribution < 1.29 is 33.8 Å². The molecule has 4 amide bonds. The quantitative estimate of drug-likeness (QED) is 0.167. The van der Waals surface area contributed by atoms with Crippen molar-refractivity contribution in [3.05, 3.63) is 108 Å². The summed E-state index contributed by atoms with van der Waals surface area (Å²) in [5.74, 6) is -0.437. The lowest BCUT2D eigenvalue weighted by atomic mass is 9.78. The SMILES string of the molecule is CC(C)C(NC(=O)CCC(O)C(Cc1ccccc1)NC(=O)OC1CCC1Cc1ccccc1)C(=O)N1CCC(N(C)C(=O)OCc2ccccc2)CC1. The van der Waals surface area contributed by atoms with Crippen LogP contribution in [0.3, 0.4) is 0 Å². The monoisotopic (exact) mass is 740 g/mol. The van der Waals surface area contributed by atoms with Crippen LogP contribution in [0.5, 0.6) is 0 Å². The number of benzene rings is 3. The van der Waals surface area contributed by atoms with Crippen LogP contribution in [-0.2, 0) is 38.5 Å². The first-order valence-corrected chi connectivity index (χ1v) is 19.3. The molecule has 290 valence electrons. The zero-order valence-corrected chi connectivity index (χ0v) is 31.8. The Hall–Kier alpha value is -4.90. The molecule has 5 atom stereocenters. The van der Waals surface area contributed by atoms with Gasteiger partial charge in [-0.05, 0) is 67.6 Å². The van der Waals surface area contributed by atoms with Crippen LogP contribution >= 0.6 is 0 Å². The molecule has 3 aromatic rings. The normalized spacial score (nSPS) is 18.8. The number of ether oxygens (including phenoxy) is 2. The molecule has 1 aliphatic carbocycles. The highest BCUT2D eigenvalue weighted by Crippen LogP contribution is 2.33. The fourth-order valence-corrected chi connectivity index (χ4v) is 7.20. The smallest absolute Gasteiger partial charge is 0.410 e. The van der Waals surface area contributed by atoms with Gasteiger partial charge in [0.05, 0.1) is 12.1 Å². The highest BCUT2D eigenvalue weighted by atomic mass is 16.6. The van der Waals surface area contributed by atoms with E-state index < -0.39 is 30.4 Å². The van der Waals surface area contributed by atoms with Gasteiger partial charge in [-0.15, -0.1) is 0 Å². The van der Waals surface area contributed by atoms with E-state index in [-0.39, 0.29) is 55.2 Å². The number of likely N-dealkylation sites (tertiary alicyclic amines) is 1. The number of hydrogen-bond donors (Lipinski definition) is 3. The van der Waals surface area contributed by atoms with E-state index in [1.165, 1.54) is 5.56 Å². The van der Waals surface area contributed by atoms with Gasteiger partial charge in [0, 0.05) is 38.5 Å². The second kappa shape index (κ2) is 20.0. The second-order valence-corrected chi connectivity index (χ2v) is 15.0. The summed E-state index contributed by atoms with van der Waals surface area (Å²) in [6, 6.07) is 27.7. The van der Waals surface area contributed by atoms with E-state index in [4.69, 9.17) is 9.47 Å². The average Bonchev–Trinajstić information content (AvgIpc) is 3.19. The van der Waals surface area contributed by atoms with Crippen LogP contribution in [0.1, 0.15) is 69.1 Å². The van der Waals surface area contributed by atoms with Gasteiger partial charge in [-0.3, -0.25) is 9.59 Å². The van der Waals surface area contributed by atoms with Gasteiger partial charge in [0.15, 0.2) is 0 Å². The third-order valence-corrected chi connectivity index (χ3v) is 10.7. The molecule has 0 aromatic heterocycles. The molecule has 5 rings (SSSR count). The molecular formula is C43H56N4O7. The van der Waals surface area contributed by atoms with E-state index in [0.717, 1.165) is 30.4 Å². The highest BCUT2D eigenvalue weighted by molar-refractivity contribution is 5.88. The molecule has 3 N–H and O–H groups in total. The van der Waals surface area contributed by atoms with Crippen LogP contribution in [0.15, 0.2) is 91.0 Å². The Morgan fingerprint density at radius 1 is 0.815 bits per heavy atom. The molecule has 3 aromatic carbocycles. The van der Waals surface area contributed by atoms with Crippen molar-refractivity contribution >= 4 is 24.0 Å². The lowest BCUT2D eigenvalue weighted by Gasteiger charge is -2.38. The first kappa shape index (κ1) is 40.3. The number of carbonyl (C=O) groups excluding carboxylic acids is 4. The molecule has 1 saturated carbocycles. The molecule has 2 fully saturated rings. The fourth-order valence-electron chi connectivity index (χ4n) is 7.20. The second-order valence-electron chi connectivity index (χ2n) is 15.0. The van der Waals surface area contributed by atoms with Crippen LogP contribution in [0.2, 0.25) is 0 Å². The number of aliphatic hydroxyl groups excluding tert-OH is 1. The molecule has 2 aliphatic rings. The number of rotatable bonds is 16. The van der Waals surface area contributed by atoms with Crippen molar-refractivity contribution in [1.82, 2.24) is 20.4 Å². The molecule has 5 unspecified atom stereocenters. The summed E-state index contributed by atoms with van der Waals surface area (Å²) in [5, 5.41) is 17.1. The van der Waals surface area contributed by atoms with Crippen LogP contribution in [0.25, 0.3) is 0 Å². The molecule has 0 bridgehead atoms. The van der Waals surface area contributed by atoms with E-state index in [2.05, 4.69) is 22.8 Å². The van der Waals surface area contributed by atoms with E-state index >= 15 is 0 Å². The van der Waals surface area contributed by atoms with E-state index in [0.29, 0.717) is 32.4 Å². The lowest BCUT2D eigenvalue weighted by molar-refractivity contribution is -0.139. The molecule has 11 heteroatoms. The van der Waals surface area contributed by atoms with Gasteiger partial charge in [0.25, 0.3) is 0 Å². The minimum atomic E-state index is -1.03. The molecule has 1 aliphatic heterocycles. The Bertz CT molecular complexity index is 1630. The van der Waals surface area contributed by atoms with Gasteiger partial charge < -0.3 is 35.0 Å². The zero-order valence-electron chi connectivity index (χ0n) is 31.8. The van der Waals surface area contributed by atoms with E-state index in [1.807, 2.05) is 92.7 Å². The largest absolute Gasteiger partial charge is 0.446 e. The van der Waals surface area contributed by atoms with Crippen molar-refractivity contribution in [2.45, 2.75) is 102 Å². The van der Waals surface area contributed by atoms with E-state index in [9.17, 15) is 24.3 Å². The Morgan fingerprint density at radius 3 is 1.98 bits per heavy atom. The van der Waals surface area contributed by atoms with E-state index in [1.54, 1.807) is 16.8 Å². The predicted molar refractivity (Wildman–Crippen MR) is 206 cm³/mol. The molecule has 0 radical (unpaired) electrons. The standard InChI is InChI=1S/C43H56N4O7/c1-30(2)40(41(50)47-25-23-35(24-26-47)46(3)43(52)53-29-33-17-11-6-12-18-33)45-39(49)22-20-37(48)36(28-32-15-9-5-10-16-32)44-42(51)54-38-21-19-34(38)27-31-13-7-4-8-14-31/h4-18,30,34-38,40,48H,19-29H2,1-3H3,(H,44,51)(H,45,49). The number of carbonyl (C=O) groups is 4. The number of hydrogen-bond acceptors (Lipinski definition) is 7. The van der Waals surface area contributed by atoms with Crippen molar-refractivity contribution in [3.63, 3.8) is 0 Å². The Balaban J connectivity index is 1.09. The fraction of sp³-hybridized carbons (Fsp3) is 0.488. The predicted octanol–water partition coefficient (Wildman–Crippen LogP) is 5.89. The number of piperidine rings is 1. The zero-order chi connectivity index (χ0) is 38.5. The van der Waals surface area contributed by atoms with Crippen molar-refractivity contribution in [2.24, 2.45) is 11.8 Å². The number of aliphatic hydroxyl groups is 1. The van der Waals surface area contributed by atoms with Gasteiger partial charge in [-0.25, -0.2) is 9.59 Å². The summed E-state index contributed by atoms with van der Waals surface area (Å²) in [7, 11) is 1.72. The van der Waals surface area contributed by atoms with Crippen LogP contribution in [-0.4, -0.2) is 89.4 Å². The molecule has 54 heavy (non-hydrogen) atoms. The topological polar surface area (TPSA) is 138 Å². The maximum Gasteiger partial charge on any atom is 0.410 e. The third kappa shape index (κ3) is 11.8. The number of alkyl carbamates (subject to hydrolysis) is 1. The number of nitrogens with one attached hydrogen (secondary N) is 2. The highest BCUT2D eigenvalue weighted by Gasteiger charge is 2.36. The Morgan fingerprint density at radius 2 is 1.41 bits per heavy atom. The summed E-state index contributed by atoms with van der Waals surface area (Å²) < 4.78 is 11.3. The minimum absolute atomic E-state index is 0.0284. The lowest BCUT2D eigenvalue weighted by Crippen LogP contribution is -2.55. The Labute approximate surface area is 319 Å². The third-order valence-electron chi connectivity index (χ3n) is 10.7. The molecule has 1 saturated heterocycles. The Kier molecular flexibility index (Phi) is 14.9. The molecule has 1 heterocycles.